The fraction of sp³-hybridized carbons (Fsp3) is 0.300. The lowest BCUT2D eigenvalue weighted by Gasteiger charge is -2.21. The molecule has 0 aliphatic carbocycles. The molecule has 0 radical (unpaired) electrons. The molecule has 3 aromatic rings. The van der Waals surface area contributed by atoms with Crippen LogP contribution in [0.4, 0.5) is 0 Å². The molecule has 2 nitrogen and oxygen atoms in total. The van der Waals surface area contributed by atoms with Crippen molar-refractivity contribution < 1.29 is 0 Å². The Balaban J connectivity index is 1.75. The first-order valence-corrected chi connectivity index (χ1v) is 9.79. The molecule has 0 unspecified atom stereocenters. The van der Waals surface area contributed by atoms with E-state index < -0.39 is 8.22 Å². The summed E-state index contributed by atoms with van der Waals surface area (Å²) in [6, 6.07) is 17.6. The van der Waals surface area contributed by atoms with Gasteiger partial charge in [0.05, 0.1) is 0 Å². The van der Waals surface area contributed by atoms with Crippen LogP contribution in [0, 0.1) is 0 Å². The summed E-state index contributed by atoms with van der Waals surface area (Å²) in [6.45, 7) is 2.26. The molecule has 1 aromatic carbocycles. The Morgan fingerprint density at radius 3 is 1.83 bits per heavy atom. The van der Waals surface area contributed by atoms with E-state index in [1.807, 2.05) is 0 Å². The number of rotatable bonds is 8. The van der Waals surface area contributed by atoms with Crippen molar-refractivity contribution in [1.29, 1.82) is 0 Å². The van der Waals surface area contributed by atoms with Gasteiger partial charge in [0, 0.05) is 30.1 Å². The zero-order chi connectivity index (χ0) is 15.9. The van der Waals surface area contributed by atoms with Gasteiger partial charge in [-0.3, -0.25) is 0 Å². The van der Waals surface area contributed by atoms with Crippen LogP contribution in [0.1, 0.15) is 38.2 Å². The van der Waals surface area contributed by atoms with Gasteiger partial charge in [0.25, 0.3) is 0 Å². The first kappa shape index (κ1) is 16.1. The molecule has 2 aromatic heterocycles. The Morgan fingerprint density at radius 1 is 0.739 bits per heavy atom. The molecule has 2 heterocycles. The quantitative estimate of drug-likeness (QED) is 0.385. The molecular formula is C20H25N2P. The number of hydrogen-bond donors (Lipinski definition) is 0. The zero-order valence-corrected chi connectivity index (χ0v) is 14.7. The van der Waals surface area contributed by atoms with Crippen molar-refractivity contribution in [1.82, 2.24) is 8.68 Å². The van der Waals surface area contributed by atoms with Gasteiger partial charge in [0.15, 0.2) is 0 Å². The number of benzene rings is 1. The van der Waals surface area contributed by atoms with E-state index in [1.54, 1.807) is 0 Å². The van der Waals surface area contributed by atoms with Crippen LogP contribution in [-0.2, 0) is 6.42 Å². The van der Waals surface area contributed by atoms with Gasteiger partial charge < -0.3 is 8.68 Å². The monoisotopic (exact) mass is 324 g/mol. The van der Waals surface area contributed by atoms with E-state index in [0.29, 0.717) is 0 Å². The lowest BCUT2D eigenvalue weighted by atomic mass is 10.1. The van der Waals surface area contributed by atoms with Crippen LogP contribution in [0.25, 0.3) is 0 Å². The van der Waals surface area contributed by atoms with Gasteiger partial charge >= 0.3 is 0 Å². The summed E-state index contributed by atoms with van der Waals surface area (Å²) in [4.78, 5) is 0. The van der Waals surface area contributed by atoms with Gasteiger partial charge in [0.1, 0.15) is 8.22 Å². The molecule has 3 heteroatoms. The highest BCUT2D eigenvalue weighted by atomic mass is 31.1. The van der Waals surface area contributed by atoms with E-state index in [2.05, 4.69) is 88.9 Å². The van der Waals surface area contributed by atoms with Crippen molar-refractivity contribution in [3.63, 3.8) is 0 Å². The number of hydrogen-bond acceptors (Lipinski definition) is 0. The van der Waals surface area contributed by atoms with Gasteiger partial charge in [-0.1, -0.05) is 50.5 Å². The topological polar surface area (TPSA) is 9.86 Å². The SMILES string of the molecule is CCCCCCc1ccc(P(n2cccc2)n2cccc2)cc1. The van der Waals surface area contributed by atoms with E-state index >= 15 is 0 Å². The molecule has 0 aliphatic heterocycles. The first-order chi connectivity index (χ1) is 11.4. The highest BCUT2D eigenvalue weighted by Gasteiger charge is 2.14. The molecule has 0 fully saturated rings. The van der Waals surface area contributed by atoms with Gasteiger partial charge in [-0.15, -0.1) is 0 Å². The van der Waals surface area contributed by atoms with Crippen LogP contribution >= 0.6 is 8.22 Å². The molecule has 0 bridgehead atoms. The van der Waals surface area contributed by atoms with Crippen LogP contribution in [0.5, 0.6) is 0 Å². The highest BCUT2D eigenvalue weighted by Crippen LogP contribution is 2.38. The second-order valence-electron chi connectivity index (χ2n) is 5.89. The molecule has 0 N–H and O–H groups in total. The predicted octanol–water partition coefficient (Wildman–Crippen LogP) is 5.45. The molecule has 0 amide bonds. The maximum absolute atomic E-state index is 2.31. The second-order valence-corrected chi connectivity index (χ2v) is 7.91. The van der Waals surface area contributed by atoms with Crippen molar-refractivity contribution in [2.75, 3.05) is 0 Å². The van der Waals surface area contributed by atoms with Crippen molar-refractivity contribution >= 4 is 13.5 Å². The van der Waals surface area contributed by atoms with Crippen LogP contribution in [0.15, 0.2) is 73.3 Å². The standard InChI is InChI=1S/C20H25N2P/c1-2-3-4-5-10-19-11-13-20(14-12-19)23(21-15-6-7-16-21)22-17-8-9-18-22/h6-9,11-18H,2-5,10H2,1H3. The lowest BCUT2D eigenvalue weighted by Crippen LogP contribution is -2.11. The van der Waals surface area contributed by atoms with Crippen LogP contribution in [0.2, 0.25) is 0 Å². The van der Waals surface area contributed by atoms with Gasteiger partial charge in [-0.2, -0.15) is 0 Å². The van der Waals surface area contributed by atoms with Gasteiger partial charge in [-0.05, 0) is 42.7 Å². The smallest absolute Gasteiger partial charge is 0.136 e. The molecule has 3 rings (SSSR count). The van der Waals surface area contributed by atoms with Gasteiger partial charge in [0.2, 0.25) is 0 Å². The third kappa shape index (κ3) is 4.14. The minimum atomic E-state index is -0.570. The summed E-state index contributed by atoms with van der Waals surface area (Å²) >= 11 is 0. The Morgan fingerprint density at radius 2 is 1.30 bits per heavy atom. The van der Waals surface area contributed by atoms with E-state index in [0.717, 1.165) is 0 Å². The van der Waals surface area contributed by atoms with E-state index in [1.165, 1.54) is 43.0 Å². The van der Waals surface area contributed by atoms with Crippen molar-refractivity contribution in [2.24, 2.45) is 0 Å². The lowest BCUT2D eigenvalue weighted by molar-refractivity contribution is 0.667. The average Bonchev–Trinajstić information content (AvgIpc) is 3.28. The predicted molar refractivity (Wildman–Crippen MR) is 101 cm³/mol. The first-order valence-electron chi connectivity index (χ1n) is 8.54. The molecular weight excluding hydrogens is 299 g/mol. The third-order valence-electron chi connectivity index (χ3n) is 4.10. The minimum Gasteiger partial charge on any atom is -0.312 e. The Bertz CT molecular complexity index is 635. The second kappa shape index (κ2) is 8.17. The van der Waals surface area contributed by atoms with E-state index in [9.17, 15) is 0 Å². The number of aromatic nitrogens is 2. The van der Waals surface area contributed by atoms with Crippen molar-refractivity contribution in [3.05, 3.63) is 78.9 Å². The molecule has 0 atom stereocenters. The summed E-state index contributed by atoms with van der Waals surface area (Å²) in [5.41, 5.74) is 1.46. The van der Waals surface area contributed by atoms with Crippen LogP contribution < -0.4 is 5.30 Å². The molecule has 0 spiro atoms. The number of nitrogens with zero attached hydrogens (tertiary/aromatic N) is 2. The van der Waals surface area contributed by atoms with E-state index in [-0.39, 0.29) is 0 Å². The summed E-state index contributed by atoms with van der Waals surface area (Å²) in [5.74, 6) is 0. The van der Waals surface area contributed by atoms with Crippen molar-refractivity contribution in [3.8, 4) is 0 Å². The largest absolute Gasteiger partial charge is 0.312 e. The maximum atomic E-state index is 2.31. The summed E-state index contributed by atoms with van der Waals surface area (Å²) in [5, 5.41) is 1.38. The zero-order valence-electron chi connectivity index (χ0n) is 13.8. The molecule has 120 valence electrons. The average molecular weight is 324 g/mol. The highest BCUT2D eigenvalue weighted by molar-refractivity contribution is 7.62. The number of unbranched alkanes of at least 4 members (excludes halogenated alkanes) is 3. The Kier molecular flexibility index (Phi) is 5.71. The van der Waals surface area contributed by atoms with Crippen LogP contribution in [0.3, 0.4) is 0 Å². The third-order valence-corrected chi connectivity index (χ3v) is 6.27. The summed E-state index contributed by atoms with van der Waals surface area (Å²) < 4.78 is 4.62. The summed E-state index contributed by atoms with van der Waals surface area (Å²) in [7, 11) is -0.570. The molecule has 0 saturated heterocycles. The van der Waals surface area contributed by atoms with Crippen molar-refractivity contribution in [2.45, 2.75) is 39.0 Å². The number of aryl methyl sites for hydroxylation is 1. The maximum Gasteiger partial charge on any atom is 0.136 e. The normalized spacial score (nSPS) is 11.2. The molecule has 0 saturated carbocycles. The molecule has 23 heavy (non-hydrogen) atoms. The Labute approximate surface area is 140 Å². The minimum absolute atomic E-state index is 0.570. The van der Waals surface area contributed by atoms with E-state index in [4.69, 9.17) is 0 Å². The fourth-order valence-electron chi connectivity index (χ4n) is 2.84. The Hall–Kier alpha value is -1.79. The summed E-state index contributed by atoms with van der Waals surface area (Å²) in [6.07, 6.45) is 15.1. The fourth-order valence-corrected chi connectivity index (χ4v) is 4.84. The van der Waals surface area contributed by atoms with Gasteiger partial charge in [-0.25, -0.2) is 0 Å². The molecule has 0 aliphatic rings. The van der Waals surface area contributed by atoms with Crippen LogP contribution in [-0.4, -0.2) is 8.68 Å².